The molecule has 0 amide bonds. The van der Waals surface area contributed by atoms with Crippen LogP contribution in [0.4, 0.5) is 0 Å². The fourth-order valence-electron chi connectivity index (χ4n) is 4.24. The van der Waals surface area contributed by atoms with Gasteiger partial charge >= 0.3 is 0 Å². The Morgan fingerprint density at radius 3 is 0.922 bits per heavy atom. The summed E-state index contributed by atoms with van der Waals surface area (Å²) in [5.74, 6) is 3.27. The third-order valence-electron chi connectivity index (χ3n) is 9.71. The highest BCUT2D eigenvalue weighted by molar-refractivity contribution is 5.81. The molecule has 0 rings (SSSR count). The summed E-state index contributed by atoms with van der Waals surface area (Å²) >= 11 is 0. The minimum Gasteiger partial charge on any atom is -0.318 e. The van der Waals surface area contributed by atoms with Crippen molar-refractivity contribution in [3.05, 3.63) is 0 Å². The zero-order valence-corrected chi connectivity index (χ0v) is 39.2. The Morgan fingerprint density at radius 2 is 0.719 bits per heavy atom. The molecule has 0 saturated heterocycles. The lowest BCUT2D eigenvalue weighted by atomic mass is 10.1. The fourth-order valence-corrected chi connectivity index (χ4v) is 4.24. The van der Waals surface area contributed by atoms with E-state index in [1.54, 1.807) is 13.8 Å². The van der Waals surface area contributed by atoms with Gasteiger partial charge in [0, 0.05) is 25.7 Å². The highest BCUT2D eigenvalue weighted by Crippen LogP contribution is 2.06. The molecule has 0 fully saturated rings. The SMILES string of the molecule is C.C.C.C.C.C.C.C.C.C.C.C.CCC(C)C.CCC(C)CC.CCC(C)CC.CCCC(CNCCNC)NC.CCCCCC(NC)C(C)=O.CCCCCCC(NC)C(C)=O. The molecule has 0 spiro atoms. The maximum atomic E-state index is 11.0. The smallest absolute Gasteiger partial charge is 0.146 e. The second-order valence-electron chi connectivity index (χ2n) is 15.0. The Balaban J connectivity index is -0.0000000245. The number of nitrogens with one attached hydrogen (secondary N) is 5. The van der Waals surface area contributed by atoms with Crippen LogP contribution in [0.1, 0.15) is 289 Å². The Morgan fingerprint density at radius 1 is 0.406 bits per heavy atom. The molecule has 0 aliphatic carbocycles. The van der Waals surface area contributed by atoms with Gasteiger partial charge in [-0.05, 0) is 79.1 Å². The number of ketones is 2. The van der Waals surface area contributed by atoms with Crippen molar-refractivity contribution in [1.29, 1.82) is 0 Å². The molecule has 3 unspecified atom stereocenters. The largest absolute Gasteiger partial charge is 0.318 e. The fraction of sp³-hybridized carbons (Fsp3) is 0.965. The predicted octanol–water partition coefficient (Wildman–Crippen LogP) is 18.6. The molecule has 0 radical (unpaired) electrons. The van der Waals surface area contributed by atoms with E-state index in [9.17, 15) is 9.59 Å². The van der Waals surface area contributed by atoms with E-state index in [2.05, 4.69) is 110 Å². The summed E-state index contributed by atoms with van der Waals surface area (Å²) in [5, 5.41) is 15.8. The third-order valence-corrected chi connectivity index (χ3v) is 9.71. The normalized spacial score (nSPS) is 9.77. The van der Waals surface area contributed by atoms with Gasteiger partial charge in [0.05, 0.1) is 12.1 Å². The van der Waals surface area contributed by atoms with Gasteiger partial charge in [0.1, 0.15) is 11.6 Å². The van der Waals surface area contributed by atoms with Crippen molar-refractivity contribution in [1.82, 2.24) is 26.6 Å². The first-order chi connectivity index (χ1) is 24.7. The summed E-state index contributed by atoms with van der Waals surface area (Å²) in [5.41, 5.74) is 0. The first kappa shape index (κ1) is 120. The van der Waals surface area contributed by atoms with Gasteiger partial charge in [-0.3, -0.25) is 9.59 Å². The van der Waals surface area contributed by atoms with Crippen LogP contribution in [0.3, 0.4) is 0 Å². The standard InChI is InChI=1S/C10H21NO.C9H23N3.C9H19NO.2C6H14.C5H12.12CH4/c1-4-5-6-7-8-10(11-3)9(2)12;1-4-5-9(11-3)8-12-7-6-10-2;1-4-5-6-7-9(10-3)8(2)11;2*1-4-6(3)5-2;1-4-5(2)3;;;;;;;;;;;;/h10-11H,4-8H2,1-3H3;9-12H,4-8H2,1-3H3;9-10H,4-7H2,1-3H3;2*6H,4-5H2,1-3H3;5H,4H2,1-3H3;12*1H4. The molecule has 0 bridgehead atoms. The number of unbranched alkanes of at least 4 members (excludes halogenated alkanes) is 5. The summed E-state index contributed by atoms with van der Waals surface area (Å²) in [7, 11) is 7.70. The average molecular weight is 939 g/mol. The van der Waals surface area contributed by atoms with Crippen LogP contribution in [0.15, 0.2) is 0 Å². The molecule has 0 aliphatic heterocycles. The lowest BCUT2D eigenvalue weighted by molar-refractivity contribution is -0.119. The van der Waals surface area contributed by atoms with E-state index in [4.69, 9.17) is 0 Å². The highest BCUT2D eigenvalue weighted by Gasteiger charge is 2.10. The number of rotatable bonds is 26. The number of hydrogen-bond acceptors (Lipinski definition) is 7. The van der Waals surface area contributed by atoms with Gasteiger partial charge < -0.3 is 26.6 Å². The third kappa shape index (κ3) is 119. The Labute approximate surface area is 418 Å². The Bertz CT molecular complexity index is 631. The first-order valence-corrected chi connectivity index (χ1v) is 22.1. The molecule has 0 heterocycles. The van der Waals surface area contributed by atoms with Crippen LogP contribution < -0.4 is 26.6 Å². The van der Waals surface area contributed by atoms with Crippen LogP contribution in [0.5, 0.6) is 0 Å². The van der Waals surface area contributed by atoms with Crippen LogP contribution in [0, 0.1) is 17.8 Å². The molecule has 0 aromatic heterocycles. The van der Waals surface area contributed by atoms with Crippen molar-refractivity contribution >= 4 is 11.6 Å². The van der Waals surface area contributed by atoms with E-state index in [0.29, 0.717) is 6.04 Å². The molecule has 0 aromatic carbocycles. The summed E-state index contributed by atoms with van der Waals surface area (Å²) < 4.78 is 0. The molecular weight excluding hydrogens is 787 g/mol. The molecular formula is C57H151N5O2. The van der Waals surface area contributed by atoms with Crippen molar-refractivity contribution in [2.75, 3.05) is 47.8 Å². The number of carbonyl (C=O) groups excluding carboxylic acids is 2. The van der Waals surface area contributed by atoms with Crippen LogP contribution in [0.2, 0.25) is 0 Å². The molecule has 5 N–H and O–H groups in total. The van der Waals surface area contributed by atoms with Crippen LogP contribution in [-0.4, -0.2) is 77.5 Å². The number of hydrogen-bond donors (Lipinski definition) is 5. The van der Waals surface area contributed by atoms with Gasteiger partial charge in [-0.2, -0.15) is 0 Å². The molecule has 3 atom stereocenters. The van der Waals surface area contributed by atoms with Crippen molar-refractivity contribution in [3.8, 4) is 0 Å². The Hall–Kier alpha value is -0.860. The molecule has 0 aromatic rings. The highest BCUT2D eigenvalue weighted by atomic mass is 16.1. The van der Waals surface area contributed by atoms with Crippen LogP contribution in [0.25, 0.3) is 0 Å². The zero-order chi connectivity index (χ0) is 41.6. The van der Waals surface area contributed by atoms with Gasteiger partial charge in [-0.1, -0.05) is 256 Å². The van der Waals surface area contributed by atoms with Gasteiger partial charge in [-0.25, -0.2) is 0 Å². The van der Waals surface area contributed by atoms with Crippen molar-refractivity contribution in [3.63, 3.8) is 0 Å². The summed E-state index contributed by atoms with van der Waals surface area (Å²) in [4.78, 5) is 21.9. The van der Waals surface area contributed by atoms with Crippen molar-refractivity contribution < 1.29 is 9.59 Å². The minimum absolute atomic E-state index is 0. The zero-order valence-electron chi connectivity index (χ0n) is 39.2. The molecule has 0 aliphatic rings. The predicted molar refractivity (Wildman–Crippen MR) is 320 cm³/mol. The lowest BCUT2D eigenvalue weighted by Gasteiger charge is -2.15. The van der Waals surface area contributed by atoms with Gasteiger partial charge in [0.2, 0.25) is 0 Å². The van der Waals surface area contributed by atoms with E-state index in [-0.39, 0.29) is 113 Å². The monoisotopic (exact) mass is 938 g/mol. The number of Topliss-reactive ketones (excluding diaryl/α,β-unsaturated/α-hetero) is 2. The van der Waals surface area contributed by atoms with Gasteiger partial charge in [0.15, 0.2) is 0 Å². The van der Waals surface area contributed by atoms with E-state index in [1.807, 2.05) is 28.2 Å². The summed E-state index contributed by atoms with van der Waals surface area (Å²) in [6.07, 6.45) is 19.7. The minimum atomic E-state index is 0. The van der Waals surface area contributed by atoms with E-state index in [0.717, 1.165) is 56.7 Å². The quantitative estimate of drug-likeness (QED) is 0.0552. The van der Waals surface area contributed by atoms with E-state index in [1.165, 1.54) is 83.5 Å². The lowest BCUT2D eigenvalue weighted by Crippen LogP contribution is -2.38. The van der Waals surface area contributed by atoms with E-state index < -0.39 is 0 Å². The summed E-state index contributed by atoms with van der Waals surface area (Å²) in [6.45, 7) is 33.2. The Kier molecular flexibility index (Phi) is 195. The number of likely N-dealkylation sites (N-methyl/N-ethyl adjacent to an activating group) is 4. The molecule has 0 saturated carbocycles. The van der Waals surface area contributed by atoms with Gasteiger partial charge in [0.25, 0.3) is 0 Å². The van der Waals surface area contributed by atoms with Crippen LogP contribution in [-0.2, 0) is 9.59 Å². The van der Waals surface area contributed by atoms with E-state index >= 15 is 0 Å². The molecule has 7 nitrogen and oxygen atoms in total. The second-order valence-corrected chi connectivity index (χ2v) is 15.0. The maximum absolute atomic E-state index is 11.0. The summed E-state index contributed by atoms with van der Waals surface area (Å²) in [6, 6.07) is 0.801. The second kappa shape index (κ2) is 105. The van der Waals surface area contributed by atoms with Crippen molar-refractivity contribution in [2.45, 2.75) is 307 Å². The topological polar surface area (TPSA) is 94.3 Å². The first-order valence-electron chi connectivity index (χ1n) is 22.1. The average Bonchev–Trinajstić information content (AvgIpc) is 3.14. The van der Waals surface area contributed by atoms with Gasteiger partial charge in [-0.15, -0.1) is 0 Å². The van der Waals surface area contributed by atoms with Crippen LogP contribution >= 0.6 is 0 Å². The maximum Gasteiger partial charge on any atom is 0.146 e. The van der Waals surface area contributed by atoms with Crippen molar-refractivity contribution in [2.24, 2.45) is 17.8 Å². The molecule has 64 heavy (non-hydrogen) atoms. The molecule has 416 valence electrons. The molecule has 7 heteroatoms. The number of carbonyl (C=O) groups is 2.